The van der Waals surface area contributed by atoms with E-state index in [1.165, 1.54) is 4.90 Å². The van der Waals surface area contributed by atoms with E-state index in [4.69, 9.17) is 5.11 Å². The van der Waals surface area contributed by atoms with E-state index < -0.39 is 22.0 Å². The van der Waals surface area contributed by atoms with E-state index >= 15 is 0 Å². The lowest BCUT2D eigenvalue weighted by Gasteiger charge is -2.29. The van der Waals surface area contributed by atoms with Crippen LogP contribution in [0.1, 0.15) is 13.3 Å². The second kappa shape index (κ2) is 5.35. The molecule has 0 radical (unpaired) electrons. The topological polar surface area (TPSA) is 104 Å². The van der Waals surface area contributed by atoms with E-state index in [-0.39, 0.29) is 30.5 Å². The Labute approximate surface area is 99.7 Å². The standard InChI is InChI=1S/C9H16N2O5S/c1-2-7(10-9(13)14)8(12)11-3-5-17(15,16)6-4-11/h7,10H,2-6H2,1H3,(H,13,14). The molecule has 7 nitrogen and oxygen atoms in total. The Balaban J connectivity index is 2.61. The lowest BCUT2D eigenvalue weighted by molar-refractivity contribution is -0.133. The zero-order valence-corrected chi connectivity index (χ0v) is 10.4. The van der Waals surface area contributed by atoms with E-state index in [0.717, 1.165) is 0 Å². The van der Waals surface area contributed by atoms with Crippen LogP contribution in [0.4, 0.5) is 4.79 Å². The van der Waals surface area contributed by atoms with Crippen molar-refractivity contribution in [3.63, 3.8) is 0 Å². The van der Waals surface area contributed by atoms with Crippen molar-refractivity contribution in [1.82, 2.24) is 10.2 Å². The fraction of sp³-hybridized carbons (Fsp3) is 0.778. The van der Waals surface area contributed by atoms with Gasteiger partial charge in [0.05, 0.1) is 11.5 Å². The molecule has 1 fully saturated rings. The molecule has 0 aromatic carbocycles. The first-order valence-corrected chi connectivity index (χ1v) is 7.16. The smallest absolute Gasteiger partial charge is 0.405 e. The molecule has 1 aliphatic heterocycles. The quantitative estimate of drug-likeness (QED) is 0.700. The number of hydrogen-bond acceptors (Lipinski definition) is 4. The number of carbonyl (C=O) groups is 2. The van der Waals surface area contributed by atoms with Gasteiger partial charge >= 0.3 is 6.09 Å². The normalized spacial score (nSPS) is 20.6. The summed E-state index contributed by atoms with van der Waals surface area (Å²) in [6, 6.07) is -0.798. The largest absolute Gasteiger partial charge is 0.465 e. The van der Waals surface area contributed by atoms with Crippen LogP contribution >= 0.6 is 0 Å². The van der Waals surface area contributed by atoms with Crippen LogP contribution in [0.25, 0.3) is 0 Å². The van der Waals surface area contributed by atoms with Crippen molar-refractivity contribution in [2.45, 2.75) is 19.4 Å². The molecule has 0 bridgehead atoms. The van der Waals surface area contributed by atoms with Gasteiger partial charge in [-0.25, -0.2) is 13.2 Å². The summed E-state index contributed by atoms with van der Waals surface area (Å²) in [6.07, 6.45) is -0.913. The average molecular weight is 264 g/mol. The van der Waals surface area contributed by atoms with Crippen molar-refractivity contribution in [3.8, 4) is 0 Å². The molecule has 17 heavy (non-hydrogen) atoms. The predicted molar refractivity (Wildman–Crippen MR) is 60.5 cm³/mol. The van der Waals surface area contributed by atoms with Crippen molar-refractivity contribution in [2.24, 2.45) is 0 Å². The Bertz CT molecular complexity index is 392. The molecule has 1 atom stereocenters. The number of carboxylic acid groups (broad SMARTS) is 1. The van der Waals surface area contributed by atoms with E-state index in [1.54, 1.807) is 6.92 Å². The first-order chi connectivity index (χ1) is 7.85. The van der Waals surface area contributed by atoms with Gasteiger partial charge in [-0.3, -0.25) is 4.79 Å². The molecule has 0 aliphatic carbocycles. The van der Waals surface area contributed by atoms with Crippen molar-refractivity contribution >= 4 is 21.8 Å². The molecular formula is C9H16N2O5S. The van der Waals surface area contributed by atoms with Gasteiger partial charge in [-0.2, -0.15) is 0 Å². The second-order valence-corrected chi connectivity index (χ2v) is 6.19. The summed E-state index contributed by atoms with van der Waals surface area (Å²) in [5, 5.41) is 10.7. The van der Waals surface area contributed by atoms with Crippen molar-refractivity contribution < 1.29 is 23.1 Å². The van der Waals surface area contributed by atoms with Gasteiger partial charge in [0, 0.05) is 13.1 Å². The lowest BCUT2D eigenvalue weighted by atomic mass is 10.2. The summed E-state index contributed by atoms with van der Waals surface area (Å²) in [5.41, 5.74) is 0. The molecular weight excluding hydrogens is 248 g/mol. The Kier molecular flexibility index (Phi) is 4.33. The second-order valence-electron chi connectivity index (χ2n) is 3.89. The zero-order chi connectivity index (χ0) is 13.1. The molecule has 0 aromatic heterocycles. The number of sulfone groups is 1. The highest BCUT2D eigenvalue weighted by atomic mass is 32.2. The molecule has 8 heteroatoms. The van der Waals surface area contributed by atoms with Crippen LogP contribution in [-0.2, 0) is 14.6 Å². The van der Waals surface area contributed by atoms with Crippen LogP contribution < -0.4 is 5.32 Å². The molecule has 2 amide bonds. The Morgan fingerprint density at radius 3 is 2.29 bits per heavy atom. The molecule has 1 aliphatic rings. The summed E-state index contributed by atoms with van der Waals surface area (Å²) in [4.78, 5) is 23.8. The molecule has 0 saturated carbocycles. The van der Waals surface area contributed by atoms with Gasteiger partial charge < -0.3 is 15.3 Å². The number of rotatable bonds is 3. The summed E-state index contributed by atoms with van der Waals surface area (Å²) >= 11 is 0. The minimum Gasteiger partial charge on any atom is -0.465 e. The fourth-order valence-electron chi connectivity index (χ4n) is 1.64. The monoisotopic (exact) mass is 264 g/mol. The summed E-state index contributed by atoms with van der Waals surface area (Å²) in [5.74, 6) is -0.463. The maximum Gasteiger partial charge on any atom is 0.405 e. The zero-order valence-electron chi connectivity index (χ0n) is 9.55. The molecule has 1 heterocycles. The minimum atomic E-state index is -3.04. The first kappa shape index (κ1) is 13.8. The third-order valence-corrected chi connectivity index (χ3v) is 4.27. The van der Waals surface area contributed by atoms with Crippen molar-refractivity contribution in [2.75, 3.05) is 24.6 Å². The highest BCUT2D eigenvalue weighted by Crippen LogP contribution is 2.07. The highest BCUT2D eigenvalue weighted by molar-refractivity contribution is 7.91. The first-order valence-electron chi connectivity index (χ1n) is 5.34. The van der Waals surface area contributed by atoms with Gasteiger partial charge in [-0.15, -0.1) is 0 Å². The summed E-state index contributed by atoms with van der Waals surface area (Å²) in [7, 11) is -3.04. The van der Waals surface area contributed by atoms with E-state index in [2.05, 4.69) is 5.32 Å². The lowest BCUT2D eigenvalue weighted by Crippen LogP contribution is -2.52. The van der Waals surface area contributed by atoms with Crippen molar-refractivity contribution in [3.05, 3.63) is 0 Å². The summed E-state index contributed by atoms with van der Waals surface area (Å²) in [6.45, 7) is 1.97. The van der Waals surface area contributed by atoms with Gasteiger partial charge in [0.15, 0.2) is 9.84 Å². The Hall–Kier alpha value is -1.31. The van der Waals surface area contributed by atoms with Gasteiger partial charge in [-0.05, 0) is 6.42 Å². The average Bonchev–Trinajstić information content (AvgIpc) is 2.24. The molecule has 1 saturated heterocycles. The van der Waals surface area contributed by atoms with Crippen LogP contribution in [0, 0.1) is 0 Å². The SMILES string of the molecule is CCC(NC(=O)O)C(=O)N1CCS(=O)(=O)CC1. The van der Waals surface area contributed by atoms with Crippen LogP contribution in [0.3, 0.4) is 0 Å². The third-order valence-electron chi connectivity index (χ3n) is 2.66. The van der Waals surface area contributed by atoms with Crippen LogP contribution in [0.2, 0.25) is 0 Å². The number of nitrogens with one attached hydrogen (secondary N) is 1. The Morgan fingerprint density at radius 1 is 1.35 bits per heavy atom. The molecule has 0 spiro atoms. The molecule has 1 unspecified atom stereocenters. The molecule has 1 rings (SSSR count). The van der Waals surface area contributed by atoms with Gasteiger partial charge in [0.1, 0.15) is 6.04 Å². The van der Waals surface area contributed by atoms with E-state index in [9.17, 15) is 18.0 Å². The molecule has 98 valence electrons. The van der Waals surface area contributed by atoms with Crippen LogP contribution in [0.5, 0.6) is 0 Å². The number of nitrogens with zero attached hydrogens (tertiary/aromatic N) is 1. The minimum absolute atomic E-state index is 0.0533. The fourth-order valence-corrected chi connectivity index (χ4v) is 2.84. The maximum absolute atomic E-state index is 11.9. The predicted octanol–water partition coefficient (Wildman–Crippen LogP) is -0.710. The van der Waals surface area contributed by atoms with Gasteiger partial charge in [-0.1, -0.05) is 6.92 Å². The highest BCUT2D eigenvalue weighted by Gasteiger charge is 2.29. The number of amides is 2. The van der Waals surface area contributed by atoms with Gasteiger partial charge in [0.2, 0.25) is 5.91 Å². The van der Waals surface area contributed by atoms with E-state index in [1.807, 2.05) is 0 Å². The van der Waals surface area contributed by atoms with E-state index in [0.29, 0.717) is 6.42 Å². The number of hydrogen-bond donors (Lipinski definition) is 2. The molecule has 0 aromatic rings. The van der Waals surface area contributed by atoms with Crippen molar-refractivity contribution in [1.29, 1.82) is 0 Å². The number of carbonyl (C=O) groups excluding carboxylic acids is 1. The third kappa shape index (κ3) is 3.88. The van der Waals surface area contributed by atoms with Crippen LogP contribution in [-0.4, -0.2) is 61.1 Å². The van der Waals surface area contributed by atoms with Crippen LogP contribution in [0.15, 0.2) is 0 Å². The Morgan fingerprint density at radius 2 is 1.88 bits per heavy atom. The maximum atomic E-state index is 11.9. The summed E-state index contributed by atoms with van der Waals surface area (Å²) < 4.78 is 22.4. The molecule has 2 N–H and O–H groups in total. The van der Waals surface area contributed by atoms with Gasteiger partial charge in [0.25, 0.3) is 0 Å².